The maximum Gasteiger partial charge on any atom is 0.262 e. The van der Waals surface area contributed by atoms with E-state index in [4.69, 9.17) is 4.74 Å². The molecule has 0 saturated heterocycles. The number of ether oxygens (including phenoxy) is 1. The molecule has 0 saturated carbocycles. The number of aryl methyl sites for hydroxylation is 1. The summed E-state index contributed by atoms with van der Waals surface area (Å²) in [5.74, 6) is -0.0531. The molecule has 3 nitrogen and oxygen atoms in total. The van der Waals surface area contributed by atoms with Crippen LogP contribution in [0.4, 0.5) is 10.1 Å². The van der Waals surface area contributed by atoms with E-state index in [1.54, 1.807) is 0 Å². The molecule has 1 aliphatic carbocycles. The molecule has 22 heavy (non-hydrogen) atoms. The van der Waals surface area contributed by atoms with Gasteiger partial charge in [-0.1, -0.05) is 12.1 Å². The minimum absolute atomic E-state index is 0.0880. The molecule has 0 atom stereocenters. The summed E-state index contributed by atoms with van der Waals surface area (Å²) in [4.78, 5) is 12.0. The molecule has 0 spiro atoms. The molecule has 1 N–H and O–H groups in total. The first-order chi connectivity index (χ1) is 10.7. The SMILES string of the molecule is O=C(COc1ccc(F)cc1)Nc1cccc2c1CCCC2. The first-order valence-corrected chi connectivity index (χ1v) is 7.51. The van der Waals surface area contributed by atoms with Crippen LogP contribution in [0.2, 0.25) is 0 Å². The van der Waals surface area contributed by atoms with E-state index in [1.807, 2.05) is 12.1 Å². The van der Waals surface area contributed by atoms with Gasteiger partial charge < -0.3 is 10.1 Å². The number of amides is 1. The largest absolute Gasteiger partial charge is 0.484 e. The highest BCUT2D eigenvalue weighted by atomic mass is 19.1. The summed E-state index contributed by atoms with van der Waals surface area (Å²) in [6, 6.07) is 11.7. The molecule has 2 aromatic carbocycles. The molecule has 1 aliphatic rings. The average molecular weight is 299 g/mol. The van der Waals surface area contributed by atoms with Gasteiger partial charge in [-0.25, -0.2) is 4.39 Å². The van der Waals surface area contributed by atoms with Gasteiger partial charge in [0.25, 0.3) is 5.91 Å². The summed E-state index contributed by atoms with van der Waals surface area (Å²) >= 11 is 0. The lowest BCUT2D eigenvalue weighted by Crippen LogP contribution is -2.21. The predicted octanol–water partition coefficient (Wildman–Crippen LogP) is 3.72. The van der Waals surface area contributed by atoms with Crippen molar-refractivity contribution in [2.45, 2.75) is 25.7 Å². The molecule has 114 valence electrons. The molecule has 0 fully saturated rings. The lowest BCUT2D eigenvalue weighted by molar-refractivity contribution is -0.118. The molecule has 4 heteroatoms. The Labute approximate surface area is 129 Å². The zero-order chi connectivity index (χ0) is 15.4. The van der Waals surface area contributed by atoms with Crippen molar-refractivity contribution in [2.75, 3.05) is 11.9 Å². The molecular formula is C18H18FNO2. The van der Waals surface area contributed by atoms with Gasteiger partial charge in [0.15, 0.2) is 6.61 Å². The second kappa shape index (κ2) is 6.60. The van der Waals surface area contributed by atoms with Crippen LogP contribution in [0.25, 0.3) is 0 Å². The maximum absolute atomic E-state index is 12.8. The summed E-state index contributed by atoms with van der Waals surface area (Å²) in [6.07, 6.45) is 4.44. The van der Waals surface area contributed by atoms with Crippen molar-refractivity contribution in [3.05, 3.63) is 59.4 Å². The van der Waals surface area contributed by atoms with Gasteiger partial charge in [-0.05, 0) is 67.1 Å². The van der Waals surface area contributed by atoms with Gasteiger partial charge in [-0.2, -0.15) is 0 Å². The first-order valence-electron chi connectivity index (χ1n) is 7.51. The molecule has 0 bridgehead atoms. The first kappa shape index (κ1) is 14.6. The molecule has 2 aromatic rings. The third-order valence-electron chi connectivity index (χ3n) is 3.85. The Hall–Kier alpha value is -2.36. The summed E-state index contributed by atoms with van der Waals surface area (Å²) in [6.45, 7) is -0.0880. The summed E-state index contributed by atoms with van der Waals surface area (Å²) in [5, 5.41) is 2.91. The highest BCUT2D eigenvalue weighted by Crippen LogP contribution is 2.27. The Balaban J connectivity index is 1.61. The molecular weight excluding hydrogens is 281 g/mol. The number of carbonyl (C=O) groups is 1. The fourth-order valence-electron chi connectivity index (χ4n) is 2.76. The quantitative estimate of drug-likeness (QED) is 0.934. The van der Waals surface area contributed by atoms with Crippen molar-refractivity contribution in [2.24, 2.45) is 0 Å². The van der Waals surface area contributed by atoms with E-state index < -0.39 is 0 Å². The lowest BCUT2D eigenvalue weighted by Gasteiger charge is -2.19. The van der Waals surface area contributed by atoms with Gasteiger partial charge in [-0.3, -0.25) is 4.79 Å². The molecule has 0 unspecified atom stereocenters. The average Bonchev–Trinajstić information content (AvgIpc) is 2.55. The van der Waals surface area contributed by atoms with E-state index in [2.05, 4.69) is 11.4 Å². The van der Waals surface area contributed by atoms with Crippen LogP contribution in [0.15, 0.2) is 42.5 Å². The van der Waals surface area contributed by atoms with Gasteiger partial charge in [0.2, 0.25) is 0 Å². The summed E-state index contributed by atoms with van der Waals surface area (Å²) in [7, 11) is 0. The van der Waals surface area contributed by atoms with Gasteiger partial charge >= 0.3 is 0 Å². The number of carbonyl (C=O) groups excluding carboxylic acids is 1. The Kier molecular flexibility index (Phi) is 4.37. The van der Waals surface area contributed by atoms with Crippen LogP contribution in [-0.4, -0.2) is 12.5 Å². The molecule has 0 aliphatic heterocycles. The van der Waals surface area contributed by atoms with Crippen molar-refractivity contribution < 1.29 is 13.9 Å². The number of rotatable bonds is 4. The Morgan fingerprint density at radius 3 is 2.68 bits per heavy atom. The number of nitrogens with one attached hydrogen (secondary N) is 1. The van der Waals surface area contributed by atoms with Crippen LogP contribution in [-0.2, 0) is 17.6 Å². The van der Waals surface area contributed by atoms with Crippen LogP contribution >= 0.6 is 0 Å². The number of fused-ring (bicyclic) bond motifs is 1. The smallest absolute Gasteiger partial charge is 0.262 e. The summed E-state index contributed by atoms with van der Waals surface area (Å²) < 4.78 is 18.2. The van der Waals surface area contributed by atoms with Gasteiger partial charge in [-0.15, -0.1) is 0 Å². The van der Waals surface area contributed by atoms with Crippen LogP contribution in [0.5, 0.6) is 5.75 Å². The highest BCUT2D eigenvalue weighted by molar-refractivity contribution is 5.92. The molecule has 0 aromatic heterocycles. The predicted molar refractivity (Wildman–Crippen MR) is 83.6 cm³/mol. The second-order valence-corrected chi connectivity index (χ2v) is 5.44. The van der Waals surface area contributed by atoms with E-state index >= 15 is 0 Å². The van der Waals surface area contributed by atoms with Crippen molar-refractivity contribution >= 4 is 11.6 Å². The zero-order valence-electron chi connectivity index (χ0n) is 12.3. The van der Waals surface area contributed by atoms with Crippen molar-refractivity contribution in [1.29, 1.82) is 0 Å². The van der Waals surface area contributed by atoms with Gasteiger partial charge in [0.1, 0.15) is 11.6 Å². The Bertz CT molecular complexity index is 667. The van der Waals surface area contributed by atoms with Crippen LogP contribution in [0, 0.1) is 5.82 Å². The van der Waals surface area contributed by atoms with Gasteiger partial charge in [0, 0.05) is 5.69 Å². The third-order valence-corrected chi connectivity index (χ3v) is 3.85. The summed E-state index contributed by atoms with van der Waals surface area (Å²) in [5.41, 5.74) is 3.44. The second-order valence-electron chi connectivity index (χ2n) is 5.44. The van der Waals surface area contributed by atoms with Crippen molar-refractivity contribution in [1.82, 2.24) is 0 Å². The van der Waals surface area contributed by atoms with E-state index in [0.29, 0.717) is 5.75 Å². The number of halogens is 1. The normalized spacial score (nSPS) is 13.3. The lowest BCUT2D eigenvalue weighted by atomic mass is 9.90. The monoisotopic (exact) mass is 299 g/mol. The number of anilines is 1. The van der Waals surface area contributed by atoms with Crippen molar-refractivity contribution in [3.8, 4) is 5.75 Å². The maximum atomic E-state index is 12.8. The molecule has 0 radical (unpaired) electrons. The molecule has 3 rings (SSSR count). The molecule has 0 heterocycles. The number of benzene rings is 2. The molecule has 1 amide bonds. The third kappa shape index (κ3) is 3.45. The van der Waals surface area contributed by atoms with E-state index in [0.717, 1.165) is 24.9 Å². The van der Waals surface area contributed by atoms with Crippen LogP contribution in [0.1, 0.15) is 24.0 Å². The van der Waals surface area contributed by atoms with E-state index in [-0.39, 0.29) is 18.3 Å². The highest BCUT2D eigenvalue weighted by Gasteiger charge is 2.14. The van der Waals surface area contributed by atoms with Crippen molar-refractivity contribution in [3.63, 3.8) is 0 Å². The number of hydrogen-bond donors (Lipinski definition) is 1. The van der Waals surface area contributed by atoms with Crippen LogP contribution in [0.3, 0.4) is 0 Å². The fraction of sp³-hybridized carbons (Fsp3) is 0.278. The van der Waals surface area contributed by atoms with Gasteiger partial charge in [0.05, 0.1) is 0 Å². The van der Waals surface area contributed by atoms with Crippen LogP contribution < -0.4 is 10.1 Å². The van der Waals surface area contributed by atoms with E-state index in [9.17, 15) is 9.18 Å². The minimum Gasteiger partial charge on any atom is -0.484 e. The van der Waals surface area contributed by atoms with E-state index in [1.165, 1.54) is 41.8 Å². The number of hydrogen-bond acceptors (Lipinski definition) is 2. The fourth-order valence-corrected chi connectivity index (χ4v) is 2.76. The zero-order valence-corrected chi connectivity index (χ0v) is 12.3. The Morgan fingerprint density at radius 1 is 1.09 bits per heavy atom. The topological polar surface area (TPSA) is 38.3 Å². The minimum atomic E-state index is -0.326. The Morgan fingerprint density at radius 2 is 1.86 bits per heavy atom. The standard InChI is InChI=1S/C18H18FNO2/c19-14-8-10-15(11-9-14)22-12-18(21)20-17-7-3-5-13-4-1-2-6-16(13)17/h3,5,7-11H,1-2,4,6,12H2,(H,20,21).